The van der Waals surface area contributed by atoms with E-state index in [2.05, 4.69) is 0 Å². The van der Waals surface area contributed by atoms with Gasteiger partial charge in [-0.2, -0.15) is 11.8 Å². The molecule has 0 bridgehead atoms. The molecule has 0 radical (unpaired) electrons. The highest BCUT2D eigenvalue weighted by atomic mass is 32.2. The Morgan fingerprint density at radius 3 is 2.93 bits per heavy atom. The molecule has 0 amide bonds. The van der Waals surface area contributed by atoms with Gasteiger partial charge in [-0.3, -0.25) is 0 Å². The Morgan fingerprint density at radius 1 is 1.64 bits per heavy atom. The number of rotatable bonds is 7. The van der Waals surface area contributed by atoms with Gasteiger partial charge in [-0.05, 0) is 18.6 Å². The number of thioether (sulfide) groups is 1. The molecular weight excluding hydrogens is 200 g/mol. The third-order valence-corrected chi connectivity index (χ3v) is 2.70. The molecule has 0 aromatic heterocycles. The van der Waals surface area contributed by atoms with Crippen LogP contribution in [-0.4, -0.2) is 35.8 Å². The van der Waals surface area contributed by atoms with Gasteiger partial charge in [-0.1, -0.05) is 13.0 Å². The molecule has 0 rings (SSSR count). The maximum Gasteiger partial charge on any atom is 0.330 e. The molecule has 0 aromatic rings. The minimum atomic E-state index is -0.289. The van der Waals surface area contributed by atoms with Crippen LogP contribution in [0.2, 0.25) is 0 Å². The monoisotopic (exact) mass is 218 g/mol. The highest BCUT2D eigenvalue weighted by Gasteiger charge is 1.98. The Bertz CT molecular complexity index is 180. The van der Waals surface area contributed by atoms with Gasteiger partial charge in [-0.25, -0.2) is 4.79 Å². The number of hydrogen-bond acceptors (Lipinski definition) is 4. The maximum absolute atomic E-state index is 10.8. The lowest BCUT2D eigenvalue weighted by atomic mass is 10.2. The Morgan fingerprint density at radius 2 is 2.36 bits per heavy atom. The molecule has 0 aliphatic rings. The summed E-state index contributed by atoms with van der Waals surface area (Å²) >= 11 is 1.69. The second-order valence-corrected chi connectivity index (χ2v) is 4.05. The molecule has 0 aliphatic carbocycles. The fraction of sp³-hybridized carbons (Fsp3) is 0.700. The van der Waals surface area contributed by atoms with Crippen LogP contribution in [-0.2, 0) is 9.53 Å². The number of carbonyl (C=O) groups excluding carboxylic acids is 1. The van der Waals surface area contributed by atoms with Crippen molar-refractivity contribution in [3.63, 3.8) is 0 Å². The SMILES string of the molecule is CCOC(=O)/C=C/CSCC(C)CO. The Hall–Kier alpha value is -0.480. The lowest BCUT2D eigenvalue weighted by molar-refractivity contribution is -0.137. The van der Waals surface area contributed by atoms with E-state index in [0.29, 0.717) is 12.5 Å². The van der Waals surface area contributed by atoms with E-state index < -0.39 is 0 Å². The average Bonchev–Trinajstić information content (AvgIpc) is 2.17. The van der Waals surface area contributed by atoms with Crippen molar-refractivity contribution >= 4 is 17.7 Å². The molecule has 0 heterocycles. The van der Waals surface area contributed by atoms with E-state index in [1.54, 1.807) is 24.8 Å². The molecular formula is C10H18O3S. The summed E-state index contributed by atoms with van der Waals surface area (Å²) in [6.07, 6.45) is 3.23. The van der Waals surface area contributed by atoms with Crippen LogP contribution in [0.3, 0.4) is 0 Å². The summed E-state index contributed by atoms with van der Waals surface area (Å²) in [6, 6.07) is 0. The molecule has 0 aromatic carbocycles. The third-order valence-electron chi connectivity index (χ3n) is 1.47. The van der Waals surface area contributed by atoms with Gasteiger partial charge in [0.05, 0.1) is 6.61 Å². The van der Waals surface area contributed by atoms with Crippen molar-refractivity contribution in [1.29, 1.82) is 0 Å². The van der Waals surface area contributed by atoms with E-state index in [1.165, 1.54) is 6.08 Å². The van der Waals surface area contributed by atoms with E-state index in [9.17, 15) is 4.79 Å². The summed E-state index contributed by atoms with van der Waals surface area (Å²) in [5, 5.41) is 8.74. The van der Waals surface area contributed by atoms with Gasteiger partial charge in [0.25, 0.3) is 0 Å². The normalized spacial score (nSPS) is 13.1. The fourth-order valence-electron chi connectivity index (χ4n) is 0.725. The molecule has 0 saturated carbocycles. The van der Waals surface area contributed by atoms with Crippen LogP contribution in [0, 0.1) is 5.92 Å². The van der Waals surface area contributed by atoms with Crippen LogP contribution in [0.4, 0.5) is 0 Å². The quantitative estimate of drug-likeness (QED) is 0.399. The zero-order chi connectivity index (χ0) is 10.8. The van der Waals surface area contributed by atoms with Crippen molar-refractivity contribution in [2.24, 2.45) is 5.92 Å². The predicted octanol–water partition coefficient (Wildman–Crippen LogP) is 1.47. The van der Waals surface area contributed by atoms with E-state index in [0.717, 1.165) is 11.5 Å². The van der Waals surface area contributed by atoms with Gasteiger partial charge in [0.2, 0.25) is 0 Å². The molecule has 1 atom stereocenters. The number of esters is 1. The first-order chi connectivity index (χ1) is 6.70. The van der Waals surface area contributed by atoms with Gasteiger partial charge < -0.3 is 9.84 Å². The number of aliphatic hydroxyl groups excluding tert-OH is 1. The molecule has 0 spiro atoms. The molecule has 0 fully saturated rings. The second-order valence-electron chi connectivity index (χ2n) is 2.98. The van der Waals surface area contributed by atoms with E-state index in [4.69, 9.17) is 9.84 Å². The smallest absolute Gasteiger partial charge is 0.330 e. The minimum absolute atomic E-state index is 0.217. The average molecular weight is 218 g/mol. The minimum Gasteiger partial charge on any atom is -0.463 e. The molecule has 1 unspecified atom stereocenters. The van der Waals surface area contributed by atoms with Crippen molar-refractivity contribution in [2.75, 3.05) is 24.7 Å². The van der Waals surface area contributed by atoms with Crippen LogP contribution in [0.5, 0.6) is 0 Å². The summed E-state index contributed by atoms with van der Waals surface area (Å²) in [5.74, 6) is 1.71. The molecule has 3 nitrogen and oxygen atoms in total. The van der Waals surface area contributed by atoms with Crippen LogP contribution in [0.25, 0.3) is 0 Å². The summed E-state index contributed by atoms with van der Waals surface area (Å²) in [5.41, 5.74) is 0. The van der Waals surface area contributed by atoms with Gasteiger partial charge in [-0.15, -0.1) is 0 Å². The lowest BCUT2D eigenvalue weighted by Crippen LogP contribution is -2.03. The highest BCUT2D eigenvalue weighted by Crippen LogP contribution is 2.07. The Balaban J connectivity index is 3.39. The van der Waals surface area contributed by atoms with Crippen LogP contribution in [0.15, 0.2) is 12.2 Å². The fourth-order valence-corrected chi connectivity index (χ4v) is 1.60. The van der Waals surface area contributed by atoms with Crippen LogP contribution < -0.4 is 0 Å². The standard InChI is InChI=1S/C10H18O3S/c1-3-13-10(12)5-4-6-14-8-9(2)7-11/h4-5,9,11H,3,6-8H2,1-2H3/b5-4+. The zero-order valence-corrected chi connectivity index (χ0v) is 9.55. The first-order valence-electron chi connectivity index (χ1n) is 4.72. The number of carbonyl (C=O) groups is 1. The first-order valence-corrected chi connectivity index (χ1v) is 5.88. The summed E-state index contributed by atoms with van der Waals surface area (Å²) < 4.78 is 4.72. The van der Waals surface area contributed by atoms with E-state index >= 15 is 0 Å². The van der Waals surface area contributed by atoms with Crippen LogP contribution in [0.1, 0.15) is 13.8 Å². The van der Waals surface area contributed by atoms with Crippen molar-refractivity contribution in [3.05, 3.63) is 12.2 Å². The van der Waals surface area contributed by atoms with Crippen molar-refractivity contribution < 1.29 is 14.6 Å². The van der Waals surface area contributed by atoms with Gasteiger partial charge in [0.15, 0.2) is 0 Å². The zero-order valence-electron chi connectivity index (χ0n) is 8.73. The van der Waals surface area contributed by atoms with Crippen molar-refractivity contribution in [2.45, 2.75) is 13.8 Å². The van der Waals surface area contributed by atoms with Gasteiger partial charge in [0.1, 0.15) is 0 Å². The highest BCUT2D eigenvalue weighted by molar-refractivity contribution is 7.99. The second kappa shape index (κ2) is 9.09. The lowest BCUT2D eigenvalue weighted by Gasteiger charge is -2.04. The summed E-state index contributed by atoms with van der Waals surface area (Å²) in [7, 11) is 0. The van der Waals surface area contributed by atoms with Crippen molar-refractivity contribution in [3.8, 4) is 0 Å². The topological polar surface area (TPSA) is 46.5 Å². The number of ether oxygens (including phenoxy) is 1. The molecule has 1 N–H and O–H groups in total. The number of aliphatic hydroxyl groups is 1. The molecule has 0 saturated heterocycles. The maximum atomic E-state index is 10.8. The molecule has 0 aliphatic heterocycles. The van der Waals surface area contributed by atoms with Gasteiger partial charge >= 0.3 is 5.97 Å². The largest absolute Gasteiger partial charge is 0.463 e. The third kappa shape index (κ3) is 8.13. The van der Waals surface area contributed by atoms with Crippen LogP contribution >= 0.6 is 11.8 Å². The Labute approximate surface area is 89.5 Å². The molecule has 4 heteroatoms. The molecule has 82 valence electrons. The number of hydrogen-bond donors (Lipinski definition) is 1. The van der Waals surface area contributed by atoms with E-state index in [-0.39, 0.29) is 12.6 Å². The van der Waals surface area contributed by atoms with Gasteiger partial charge in [0, 0.05) is 18.4 Å². The van der Waals surface area contributed by atoms with Crippen molar-refractivity contribution in [1.82, 2.24) is 0 Å². The van der Waals surface area contributed by atoms with E-state index in [1.807, 2.05) is 6.92 Å². The molecule has 14 heavy (non-hydrogen) atoms. The Kier molecular flexibility index (Phi) is 8.78. The predicted molar refractivity (Wildman–Crippen MR) is 59.3 cm³/mol. The first kappa shape index (κ1) is 13.5. The summed E-state index contributed by atoms with van der Waals surface area (Å²) in [4.78, 5) is 10.8. The summed E-state index contributed by atoms with van der Waals surface area (Å²) in [6.45, 7) is 4.40.